The zero-order valence-corrected chi connectivity index (χ0v) is 21.4. The van der Waals surface area contributed by atoms with Crippen molar-refractivity contribution in [2.45, 2.75) is 20.8 Å². The van der Waals surface area contributed by atoms with Gasteiger partial charge in [0.25, 0.3) is 5.91 Å². The van der Waals surface area contributed by atoms with Crippen molar-refractivity contribution >= 4 is 45.0 Å². The number of nitrogens with zero attached hydrogens (tertiary/aromatic N) is 3. The summed E-state index contributed by atoms with van der Waals surface area (Å²) < 4.78 is 17.7. The highest BCUT2D eigenvalue weighted by Crippen LogP contribution is 2.36. The van der Waals surface area contributed by atoms with Gasteiger partial charge in [-0.05, 0) is 43.8 Å². The van der Waals surface area contributed by atoms with Crippen LogP contribution in [0, 0.1) is 6.92 Å². The molecule has 0 radical (unpaired) electrons. The second-order valence-corrected chi connectivity index (χ2v) is 8.25. The number of likely N-dealkylation sites (N-methyl/N-ethyl adjacent to an activating group) is 1. The number of carbonyl (C=O) groups excluding carboxylic acids is 1. The standard InChI is InChI=1S/C24H31N3O4S.ClH/c1-6-26(7-2)14-15-27(21(28)16-31-19-11-9-8-10-18(19)29-4)24-25-22-20(30-5)13-12-17(3)23(22)32-24;/h8-13H,6-7,14-16H2,1-5H3;1H. The highest BCUT2D eigenvalue weighted by atomic mass is 35.5. The lowest BCUT2D eigenvalue weighted by atomic mass is 10.2. The first-order chi connectivity index (χ1) is 15.5. The number of rotatable bonds is 11. The van der Waals surface area contributed by atoms with Crippen LogP contribution < -0.4 is 19.1 Å². The Kier molecular flexibility index (Phi) is 10.2. The topological polar surface area (TPSA) is 64.1 Å². The second-order valence-electron chi connectivity index (χ2n) is 7.27. The molecule has 1 aromatic heterocycles. The predicted molar refractivity (Wildman–Crippen MR) is 137 cm³/mol. The molecule has 0 aliphatic carbocycles. The Morgan fingerprint density at radius 1 is 0.970 bits per heavy atom. The molecule has 0 bridgehead atoms. The molecule has 0 fully saturated rings. The Labute approximate surface area is 205 Å². The van der Waals surface area contributed by atoms with Crippen molar-refractivity contribution in [1.82, 2.24) is 9.88 Å². The van der Waals surface area contributed by atoms with Gasteiger partial charge < -0.3 is 19.1 Å². The molecule has 0 N–H and O–H groups in total. The van der Waals surface area contributed by atoms with Gasteiger partial charge in [-0.2, -0.15) is 0 Å². The summed E-state index contributed by atoms with van der Waals surface area (Å²) in [5, 5.41) is 0.647. The van der Waals surface area contributed by atoms with Crippen molar-refractivity contribution in [1.29, 1.82) is 0 Å². The summed E-state index contributed by atoms with van der Waals surface area (Å²) in [5.74, 6) is 1.68. The van der Waals surface area contributed by atoms with E-state index in [4.69, 9.17) is 19.2 Å². The summed E-state index contributed by atoms with van der Waals surface area (Å²) in [6.07, 6.45) is 0. The number of methoxy groups -OCH3 is 2. The number of ether oxygens (including phenoxy) is 3. The Balaban J connectivity index is 0.00000385. The number of para-hydroxylation sites is 2. The minimum atomic E-state index is -0.154. The highest BCUT2D eigenvalue weighted by Gasteiger charge is 2.23. The normalized spacial score (nSPS) is 10.7. The smallest absolute Gasteiger partial charge is 0.266 e. The number of fused-ring (bicyclic) bond motifs is 1. The average molecular weight is 494 g/mol. The van der Waals surface area contributed by atoms with E-state index in [1.54, 1.807) is 31.3 Å². The molecule has 7 nitrogen and oxygen atoms in total. The van der Waals surface area contributed by atoms with E-state index in [1.807, 2.05) is 31.2 Å². The second kappa shape index (κ2) is 12.6. The van der Waals surface area contributed by atoms with Crippen LogP contribution in [0.5, 0.6) is 17.2 Å². The van der Waals surface area contributed by atoms with Gasteiger partial charge in [-0.1, -0.05) is 43.4 Å². The first-order valence-corrected chi connectivity index (χ1v) is 11.6. The van der Waals surface area contributed by atoms with Crippen molar-refractivity contribution < 1.29 is 19.0 Å². The molecule has 9 heteroatoms. The van der Waals surface area contributed by atoms with Gasteiger partial charge in [0.05, 0.1) is 18.9 Å². The summed E-state index contributed by atoms with van der Waals surface area (Å²) in [7, 11) is 3.21. The van der Waals surface area contributed by atoms with Gasteiger partial charge in [-0.25, -0.2) is 4.98 Å². The van der Waals surface area contributed by atoms with Crippen LogP contribution in [0.2, 0.25) is 0 Å². The zero-order valence-electron chi connectivity index (χ0n) is 19.8. The van der Waals surface area contributed by atoms with E-state index in [0.717, 1.165) is 35.4 Å². The van der Waals surface area contributed by atoms with Crippen LogP contribution in [0.15, 0.2) is 36.4 Å². The molecule has 1 heterocycles. The number of benzene rings is 2. The van der Waals surface area contributed by atoms with Crippen molar-refractivity contribution in [2.24, 2.45) is 0 Å². The molecule has 3 rings (SSSR count). The zero-order chi connectivity index (χ0) is 23.1. The average Bonchev–Trinajstić information content (AvgIpc) is 3.27. The number of aromatic nitrogens is 1. The molecule has 33 heavy (non-hydrogen) atoms. The number of thiazole rings is 1. The van der Waals surface area contributed by atoms with Crippen LogP contribution in [0.4, 0.5) is 5.13 Å². The molecule has 0 saturated heterocycles. The Morgan fingerprint density at radius 2 is 1.64 bits per heavy atom. The third-order valence-corrected chi connectivity index (χ3v) is 6.61. The van der Waals surface area contributed by atoms with Crippen molar-refractivity contribution in [3.05, 3.63) is 42.0 Å². The van der Waals surface area contributed by atoms with Crippen LogP contribution in [0.25, 0.3) is 10.2 Å². The van der Waals surface area contributed by atoms with E-state index in [9.17, 15) is 4.79 Å². The van der Waals surface area contributed by atoms with E-state index >= 15 is 0 Å². The third-order valence-electron chi connectivity index (χ3n) is 5.40. The summed E-state index contributed by atoms with van der Waals surface area (Å²) in [6.45, 7) is 9.28. The Bertz CT molecular complexity index is 1060. The molecule has 2 aromatic carbocycles. The molecule has 180 valence electrons. The largest absolute Gasteiger partial charge is 0.494 e. The molecule has 0 atom stereocenters. The number of amides is 1. The number of carbonyl (C=O) groups is 1. The van der Waals surface area contributed by atoms with E-state index in [1.165, 1.54) is 11.3 Å². The summed E-state index contributed by atoms with van der Waals surface area (Å²) in [5.41, 5.74) is 1.88. The summed E-state index contributed by atoms with van der Waals surface area (Å²) >= 11 is 1.50. The lowest BCUT2D eigenvalue weighted by Crippen LogP contribution is -2.41. The van der Waals surface area contributed by atoms with E-state index < -0.39 is 0 Å². The van der Waals surface area contributed by atoms with Crippen LogP contribution >= 0.6 is 23.7 Å². The molecule has 3 aromatic rings. The fourth-order valence-electron chi connectivity index (χ4n) is 3.44. The number of halogens is 1. The first kappa shape index (κ1) is 26.7. The lowest BCUT2D eigenvalue weighted by Gasteiger charge is -2.24. The molecule has 1 amide bonds. The van der Waals surface area contributed by atoms with Gasteiger partial charge in [-0.3, -0.25) is 9.69 Å². The Morgan fingerprint density at radius 3 is 2.27 bits per heavy atom. The maximum Gasteiger partial charge on any atom is 0.266 e. The minimum absolute atomic E-state index is 0. The summed E-state index contributed by atoms with van der Waals surface area (Å²) in [6, 6.07) is 11.2. The molecule has 0 aliphatic rings. The number of anilines is 1. The lowest BCUT2D eigenvalue weighted by molar-refractivity contribution is -0.120. The SMILES string of the molecule is CCN(CC)CCN(C(=O)COc1ccccc1OC)c1nc2c(OC)ccc(C)c2s1.Cl. The quantitative estimate of drug-likeness (QED) is 0.382. The first-order valence-electron chi connectivity index (χ1n) is 10.7. The molecular weight excluding hydrogens is 462 g/mol. The maximum atomic E-state index is 13.3. The minimum Gasteiger partial charge on any atom is -0.494 e. The third kappa shape index (κ3) is 6.28. The van der Waals surface area contributed by atoms with E-state index in [-0.39, 0.29) is 24.9 Å². The van der Waals surface area contributed by atoms with E-state index in [0.29, 0.717) is 28.9 Å². The molecule has 0 unspecified atom stereocenters. The molecule has 0 saturated carbocycles. The highest BCUT2D eigenvalue weighted by molar-refractivity contribution is 7.22. The van der Waals surface area contributed by atoms with Crippen LogP contribution in [0.3, 0.4) is 0 Å². The number of aryl methyl sites for hydroxylation is 1. The van der Waals surface area contributed by atoms with Gasteiger partial charge >= 0.3 is 0 Å². The van der Waals surface area contributed by atoms with Gasteiger partial charge in [0.15, 0.2) is 23.2 Å². The summed E-state index contributed by atoms with van der Waals surface area (Å²) in [4.78, 5) is 22.1. The monoisotopic (exact) mass is 493 g/mol. The van der Waals surface area contributed by atoms with Gasteiger partial charge in [0, 0.05) is 13.1 Å². The van der Waals surface area contributed by atoms with Crippen molar-refractivity contribution in [3.63, 3.8) is 0 Å². The predicted octanol–water partition coefficient (Wildman–Crippen LogP) is 4.80. The van der Waals surface area contributed by atoms with Gasteiger partial charge in [0.2, 0.25) is 0 Å². The van der Waals surface area contributed by atoms with Gasteiger partial charge in [-0.15, -0.1) is 12.4 Å². The van der Waals surface area contributed by atoms with Crippen molar-refractivity contribution in [3.8, 4) is 17.2 Å². The maximum absolute atomic E-state index is 13.3. The fourth-order valence-corrected chi connectivity index (χ4v) is 4.54. The number of hydrogen-bond donors (Lipinski definition) is 0. The van der Waals surface area contributed by atoms with Crippen LogP contribution in [-0.4, -0.2) is 62.8 Å². The fraction of sp³-hybridized carbons (Fsp3) is 0.417. The molecule has 0 spiro atoms. The Hall–Kier alpha value is -2.55. The molecular formula is C24H32ClN3O4S. The van der Waals surface area contributed by atoms with Crippen LogP contribution in [0.1, 0.15) is 19.4 Å². The van der Waals surface area contributed by atoms with Crippen molar-refractivity contribution in [2.75, 3.05) is 51.9 Å². The van der Waals surface area contributed by atoms with E-state index in [2.05, 4.69) is 18.7 Å². The molecule has 0 aliphatic heterocycles. The van der Waals surface area contributed by atoms with Gasteiger partial charge in [0.1, 0.15) is 11.3 Å². The van der Waals surface area contributed by atoms with Crippen LogP contribution in [-0.2, 0) is 4.79 Å². The number of hydrogen-bond acceptors (Lipinski definition) is 7.